The van der Waals surface area contributed by atoms with E-state index in [1.807, 2.05) is 0 Å². The van der Waals surface area contributed by atoms with Crippen LogP contribution in [0.3, 0.4) is 0 Å². The Labute approximate surface area is 106 Å². The lowest BCUT2D eigenvalue weighted by Crippen LogP contribution is -2.53. The molecule has 0 heterocycles. The zero-order chi connectivity index (χ0) is 13.1. The highest BCUT2D eigenvalue weighted by molar-refractivity contribution is 8.00. The molecule has 0 aromatic carbocycles. The van der Waals surface area contributed by atoms with E-state index in [-0.39, 0.29) is 11.7 Å². The van der Waals surface area contributed by atoms with Crippen molar-refractivity contribution in [3.63, 3.8) is 0 Å². The minimum atomic E-state index is -2.95. The highest BCUT2D eigenvalue weighted by Crippen LogP contribution is 2.40. The Hall–Kier alpha value is -0.270. The largest absolute Gasteiger partial charge is 0.468 e. The highest BCUT2D eigenvalue weighted by Gasteiger charge is 2.48. The maximum Gasteiger partial charge on any atom is 0.326 e. The third-order valence-electron chi connectivity index (χ3n) is 2.81. The Morgan fingerprint density at radius 1 is 1.53 bits per heavy atom. The summed E-state index contributed by atoms with van der Waals surface area (Å²) < 4.78 is 26.6. The summed E-state index contributed by atoms with van der Waals surface area (Å²) in [6.07, 6.45) is 3.08. The molecule has 0 bridgehead atoms. The van der Waals surface area contributed by atoms with E-state index in [9.17, 15) is 13.2 Å². The molecule has 17 heavy (non-hydrogen) atoms. The summed E-state index contributed by atoms with van der Waals surface area (Å²) >= 11 is 1.39. The van der Waals surface area contributed by atoms with Crippen molar-refractivity contribution < 1.29 is 17.9 Å². The van der Waals surface area contributed by atoms with Gasteiger partial charge in [0.05, 0.1) is 12.9 Å². The fraction of sp³-hybridized carbons (Fsp3) is 0.900. The number of methoxy groups -OCH3 is 1. The minimum Gasteiger partial charge on any atom is -0.468 e. The van der Waals surface area contributed by atoms with Gasteiger partial charge in [-0.3, -0.25) is 4.79 Å². The van der Waals surface area contributed by atoms with E-state index in [4.69, 9.17) is 10.5 Å². The molecule has 1 aliphatic rings. The van der Waals surface area contributed by atoms with Crippen molar-refractivity contribution in [3.8, 4) is 0 Å². The molecule has 5 nitrogen and oxygen atoms in total. The number of thioether (sulfide) groups is 1. The standard InChI is InChI=1S/C10H19NO4S2/c1-15-9(12)10(11,8-3-4-8)7-16-5-6-17(2,13)14/h8H,3-7,11H2,1-2H3. The van der Waals surface area contributed by atoms with Crippen LogP contribution in [0, 0.1) is 5.92 Å². The maximum atomic E-state index is 11.6. The van der Waals surface area contributed by atoms with Crippen LogP contribution >= 0.6 is 11.8 Å². The van der Waals surface area contributed by atoms with Crippen LogP contribution in [0.4, 0.5) is 0 Å². The van der Waals surface area contributed by atoms with Crippen molar-refractivity contribution >= 4 is 27.6 Å². The topological polar surface area (TPSA) is 86.5 Å². The van der Waals surface area contributed by atoms with Crippen molar-refractivity contribution in [2.45, 2.75) is 18.4 Å². The number of ether oxygens (including phenoxy) is 1. The summed E-state index contributed by atoms with van der Waals surface area (Å²) in [5.74, 6) is 0.772. The summed E-state index contributed by atoms with van der Waals surface area (Å²) in [5, 5.41) is 0. The number of carbonyl (C=O) groups excluding carboxylic acids is 1. The molecule has 2 N–H and O–H groups in total. The fourth-order valence-electron chi connectivity index (χ4n) is 1.58. The Morgan fingerprint density at radius 3 is 2.53 bits per heavy atom. The normalized spacial score (nSPS) is 19.7. The van der Waals surface area contributed by atoms with E-state index < -0.39 is 21.3 Å². The van der Waals surface area contributed by atoms with Crippen molar-refractivity contribution in [3.05, 3.63) is 0 Å². The van der Waals surface area contributed by atoms with E-state index in [0.29, 0.717) is 11.5 Å². The molecule has 1 fully saturated rings. The summed E-state index contributed by atoms with van der Waals surface area (Å²) in [7, 11) is -1.62. The van der Waals surface area contributed by atoms with Crippen LogP contribution in [0.2, 0.25) is 0 Å². The number of esters is 1. The highest BCUT2D eigenvalue weighted by atomic mass is 32.2. The smallest absolute Gasteiger partial charge is 0.326 e. The van der Waals surface area contributed by atoms with Crippen molar-refractivity contribution in [2.75, 3.05) is 30.6 Å². The van der Waals surface area contributed by atoms with Gasteiger partial charge in [0.25, 0.3) is 0 Å². The molecule has 1 saturated carbocycles. The van der Waals surface area contributed by atoms with Gasteiger partial charge >= 0.3 is 5.97 Å². The SMILES string of the molecule is COC(=O)C(N)(CSCCS(C)(=O)=O)C1CC1. The quantitative estimate of drug-likeness (QED) is 0.524. The molecule has 100 valence electrons. The van der Waals surface area contributed by atoms with Gasteiger partial charge < -0.3 is 10.5 Å². The van der Waals surface area contributed by atoms with Crippen LogP contribution in [0.15, 0.2) is 0 Å². The molecule has 0 aromatic rings. The van der Waals surface area contributed by atoms with Gasteiger partial charge in [-0.25, -0.2) is 8.42 Å². The van der Waals surface area contributed by atoms with E-state index >= 15 is 0 Å². The third-order valence-corrected chi connectivity index (χ3v) is 5.19. The lowest BCUT2D eigenvalue weighted by molar-refractivity contribution is -0.146. The van der Waals surface area contributed by atoms with Gasteiger partial charge in [0.2, 0.25) is 0 Å². The van der Waals surface area contributed by atoms with Gasteiger partial charge in [-0.05, 0) is 18.8 Å². The predicted molar refractivity (Wildman–Crippen MR) is 68.7 cm³/mol. The van der Waals surface area contributed by atoms with Crippen LogP contribution in [0.5, 0.6) is 0 Å². The molecule has 1 rings (SSSR count). The van der Waals surface area contributed by atoms with Crippen LogP contribution in [-0.4, -0.2) is 50.6 Å². The van der Waals surface area contributed by atoms with Crippen molar-refractivity contribution in [2.24, 2.45) is 11.7 Å². The molecule has 0 aliphatic heterocycles. The third kappa shape index (κ3) is 4.48. The number of rotatable bonds is 7. The molecular weight excluding hydrogens is 262 g/mol. The molecule has 0 saturated heterocycles. The first-order chi connectivity index (χ1) is 7.79. The average molecular weight is 281 g/mol. The summed E-state index contributed by atoms with van der Waals surface area (Å²) in [6.45, 7) is 0. The minimum absolute atomic E-state index is 0.111. The fourth-order valence-corrected chi connectivity index (χ4v) is 4.10. The zero-order valence-corrected chi connectivity index (χ0v) is 11.8. The Kier molecular flexibility index (Phi) is 4.86. The molecule has 1 aliphatic carbocycles. The first-order valence-electron chi connectivity index (χ1n) is 5.42. The van der Waals surface area contributed by atoms with Crippen LogP contribution in [0.25, 0.3) is 0 Å². The van der Waals surface area contributed by atoms with Gasteiger partial charge in [-0.1, -0.05) is 0 Å². The molecule has 0 spiro atoms. The number of hydrogen-bond donors (Lipinski definition) is 1. The summed E-state index contributed by atoms with van der Waals surface area (Å²) in [6, 6.07) is 0. The number of hydrogen-bond acceptors (Lipinski definition) is 6. The first kappa shape index (κ1) is 14.8. The van der Waals surface area contributed by atoms with Crippen molar-refractivity contribution in [1.82, 2.24) is 0 Å². The molecule has 7 heteroatoms. The lowest BCUT2D eigenvalue weighted by atomic mass is 9.97. The van der Waals surface area contributed by atoms with Crippen LogP contribution in [-0.2, 0) is 19.4 Å². The predicted octanol–water partition coefficient (Wildman–Crippen LogP) is 0.0447. The van der Waals surface area contributed by atoms with Gasteiger partial charge in [0, 0.05) is 17.8 Å². The molecule has 1 atom stereocenters. The van der Waals surface area contributed by atoms with Gasteiger partial charge in [0.15, 0.2) is 0 Å². The van der Waals surface area contributed by atoms with Gasteiger partial charge in [-0.15, -0.1) is 0 Å². The molecular formula is C10H19NO4S2. The van der Waals surface area contributed by atoms with E-state index in [0.717, 1.165) is 12.8 Å². The lowest BCUT2D eigenvalue weighted by Gasteiger charge is -2.25. The van der Waals surface area contributed by atoms with Crippen molar-refractivity contribution in [1.29, 1.82) is 0 Å². The van der Waals surface area contributed by atoms with Gasteiger partial charge in [-0.2, -0.15) is 11.8 Å². The number of sulfone groups is 1. The second kappa shape index (κ2) is 5.58. The van der Waals surface area contributed by atoms with Crippen LogP contribution < -0.4 is 5.73 Å². The molecule has 1 unspecified atom stereocenters. The van der Waals surface area contributed by atoms with E-state index in [1.165, 1.54) is 25.1 Å². The summed E-state index contributed by atoms with van der Waals surface area (Å²) in [5.41, 5.74) is 5.11. The number of nitrogens with two attached hydrogens (primary N) is 1. The molecule has 0 radical (unpaired) electrons. The Balaban J connectivity index is 2.43. The Morgan fingerprint density at radius 2 is 2.12 bits per heavy atom. The number of carbonyl (C=O) groups is 1. The molecule has 0 aromatic heterocycles. The molecule has 0 amide bonds. The zero-order valence-electron chi connectivity index (χ0n) is 10.1. The van der Waals surface area contributed by atoms with E-state index in [2.05, 4.69) is 0 Å². The van der Waals surface area contributed by atoms with Gasteiger partial charge in [0.1, 0.15) is 15.4 Å². The van der Waals surface area contributed by atoms with Crippen LogP contribution in [0.1, 0.15) is 12.8 Å². The average Bonchev–Trinajstić information content (AvgIpc) is 3.05. The second-order valence-corrected chi connectivity index (χ2v) is 7.85. The summed E-state index contributed by atoms with van der Waals surface area (Å²) in [4.78, 5) is 11.6. The second-order valence-electron chi connectivity index (χ2n) is 4.49. The first-order valence-corrected chi connectivity index (χ1v) is 8.64. The van der Waals surface area contributed by atoms with E-state index in [1.54, 1.807) is 0 Å². The monoisotopic (exact) mass is 281 g/mol. The maximum absolute atomic E-state index is 11.6. The Bertz CT molecular complexity index is 378.